The number of carbonyl (C=O) groups is 2. The van der Waals surface area contributed by atoms with Gasteiger partial charge >= 0.3 is 5.97 Å². The summed E-state index contributed by atoms with van der Waals surface area (Å²) in [5, 5.41) is 4.46. The molecule has 0 saturated heterocycles. The fourth-order valence-corrected chi connectivity index (χ4v) is 3.03. The van der Waals surface area contributed by atoms with Crippen LogP contribution in [-0.4, -0.2) is 31.8 Å². The highest BCUT2D eigenvalue weighted by molar-refractivity contribution is 6.30. The zero-order chi connectivity index (χ0) is 24.5. The predicted octanol–water partition coefficient (Wildman–Crippen LogP) is 5.22. The van der Waals surface area contributed by atoms with Gasteiger partial charge in [0.2, 0.25) is 0 Å². The Balaban J connectivity index is 1.53. The maximum absolute atomic E-state index is 12.3. The van der Waals surface area contributed by atoms with Gasteiger partial charge in [-0.2, -0.15) is 5.10 Å². The highest BCUT2D eigenvalue weighted by Gasteiger charge is 2.13. The number of methoxy groups -OCH3 is 1. The average Bonchev–Trinajstić information content (AvgIpc) is 2.84. The van der Waals surface area contributed by atoms with Crippen LogP contribution in [0.5, 0.6) is 17.2 Å². The molecule has 0 fully saturated rings. The number of amides is 1. The summed E-state index contributed by atoms with van der Waals surface area (Å²) in [4.78, 5) is 24.3. The molecule has 1 N–H and O–H groups in total. The summed E-state index contributed by atoms with van der Waals surface area (Å²) < 4.78 is 16.2. The minimum absolute atomic E-state index is 0.165. The van der Waals surface area contributed by atoms with Crippen molar-refractivity contribution in [2.45, 2.75) is 19.8 Å². The maximum Gasteiger partial charge on any atom is 0.343 e. The Morgan fingerprint density at radius 3 is 2.35 bits per heavy atom. The first kappa shape index (κ1) is 24.8. The third-order valence-corrected chi connectivity index (χ3v) is 5.04. The largest absolute Gasteiger partial charge is 0.493 e. The maximum atomic E-state index is 12.3. The van der Waals surface area contributed by atoms with Gasteiger partial charge in [-0.1, -0.05) is 37.6 Å². The number of benzene rings is 3. The number of rotatable bonds is 9. The van der Waals surface area contributed by atoms with Gasteiger partial charge in [-0.25, -0.2) is 10.2 Å². The second-order valence-corrected chi connectivity index (χ2v) is 8.05. The van der Waals surface area contributed by atoms with Crippen molar-refractivity contribution in [1.82, 2.24) is 5.43 Å². The van der Waals surface area contributed by atoms with Gasteiger partial charge in [-0.05, 0) is 71.6 Å². The van der Waals surface area contributed by atoms with Crippen molar-refractivity contribution >= 4 is 29.7 Å². The summed E-state index contributed by atoms with van der Waals surface area (Å²) in [6, 6.07) is 18.9. The number of hydrogen-bond donors (Lipinski definition) is 1. The first-order valence-corrected chi connectivity index (χ1v) is 10.9. The molecule has 0 saturated carbocycles. The van der Waals surface area contributed by atoms with Crippen LogP contribution < -0.4 is 19.6 Å². The summed E-state index contributed by atoms with van der Waals surface area (Å²) in [5.74, 6) is 0.686. The SMILES string of the molecule is COc1cc(C=NNC(=O)COc2ccc(C(C)C)cc2)ccc1OC(=O)c1ccc(Cl)cc1. The summed E-state index contributed by atoms with van der Waals surface area (Å²) in [7, 11) is 1.46. The Morgan fingerprint density at radius 2 is 1.71 bits per heavy atom. The van der Waals surface area contributed by atoms with E-state index >= 15 is 0 Å². The van der Waals surface area contributed by atoms with Gasteiger partial charge in [0.25, 0.3) is 5.91 Å². The molecule has 3 aromatic carbocycles. The van der Waals surface area contributed by atoms with Crippen LogP contribution in [0.1, 0.15) is 41.3 Å². The molecule has 3 rings (SSSR count). The number of nitrogens with zero attached hydrogens (tertiary/aromatic N) is 1. The van der Waals surface area contributed by atoms with E-state index in [0.717, 1.165) is 0 Å². The average molecular weight is 481 g/mol. The van der Waals surface area contributed by atoms with Crippen molar-refractivity contribution in [3.63, 3.8) is 0 Å². The van der Waals surface area contributed by atoms with Gasteiger partial charge in [0.15, 0.2) is 18.1 Å². The van der Waals surface area contributed by atoms with E-state index in [1.165, 1.54) is 18.9 Å². The van der Waals surface area contributed by atoms with E-state index in [2.05, 4.69) is 24.4 Å². The van der Waals surface area contributed by atoms with Crippen molar-refractivity contribution in [3.8, 4) is 17.2 Å². The summed E-state index contributed by atoms with van der Waals surface area (Å²) in [6.07, 6.45) is 1.45. The molecular weight excluding hydrogens is 456 g/mol. The van der Waals surface area contributed by atoms with Crippen LogP contribution in [0.15, 0.2) is 71.8 Å². The normalized spacial score (nSPS) is 10.9. The number of halogens is 1. The van der Waals surface area contributed by atoms with Crippen LogP contribution in [0.2, 0.25) is 5.02 Å². The molecule has 0 heterocycles. The molecule has 0 aliphatic heterocycles. The van der Waals surface area contributed by atoms with Gasteiger partial charge in [-0.15, -0.1) is 0 Å². The molecule has 0 radical (unpaired) electrons. The van der Waals surface area contributed by atoms with E-state index < -0.39 is 11.9 Å². The molecule has 1 amide bonds. The fraction of sp³-hybridized carbons (Fsp3) is 0.192. The van der Waals surface area contributed by atoms with E-state index in [-0.39, 0.29) is 12.4 Å². The van der Waals surface area contributed by atoms with E-state index in [1.54, 1.807) is 42.5 Å². The van der Waals surface area contributed by atoms with Crippen molar-refractivity contribution < 1.29 is 23.8 Å². The lowest BCUT2D eigenvalue weighted by Gasteiger charge is -2.10. The topological polar surface area (TPSA) is 86.2 Å². The number of carbonyl (C=O) groups excluding carboxylic acids is 2. The molecule has 0 atom stereocenters. The molecule has 0 aliphatic rings. The lowest BCUT2D eigenvalue weighted by Crippen LogP contribution is -2.24. The highest BCUT2D eigenvalue weighted by Crippen LogP contribution is 2.28. The molecule has 34 heavy (non-hydrogen) atoms. The molecule has 176 valence electrons. The lowest BCUT2D eigenvalue weighted by atomic mass is 10.0. The van der Waals surface area contributed by atoms with Crippen LogP contribution in [0.25, 0.3) is 0 Å². The van der Waals surface area contributed by atoms with Gasteiger partial charge in [0.05, 0.1) is 18.9 Å². The predicted molar refractivity (Wildman–Crippen MR) is 131 cm³/mol. The number of hydrogen-bond acceptors (Lipinski definition) is 6. The number of esters is 1. The number of nitrogens with one attached hydrogen (secondary N) is 1. The molecule has 0 unspecified atom stereocenters. The number of hydrazone groups is 1. The molecule has 3 aromatic rings. The number of ether oxygens (including phenoxy) is 3. The van der Waals surface area contributed by atoms with Gasteiger partial charge in [0.1, 0.15) is 5.75 Å². The molecular formula is C26H25ClN2O5. The Bertz CT molecular complexity index is 1160. The Labute approximate surface area is 203 Å². The zero-order valence-electron chi connectivity index (χ0n) is 19.1. The first-order chi connectivity index (χ1) is 16.4. The molecule has 0 aliphatic carbocycles. The molecule has 0 bridgehead atoms. The second-order valence-electron chi connectivity index (χ2n) is 7.61. The van der Waals surface area contributed by atoms with Crippen molar-refractivity contribution in [2.75, 3.05) is 13.7 Å². The molecule has 0 aromatic heterocycles. The van der Waals surface area contributed by atoms with Crippen LogP contribution in [-0.2, 0) is 4.79 Å². The standard InChI is InChI=1S/C26H25ClN2O5/c1-17(2)19-7-11-22(12-8-19)33-16-25(30)29-28-15-18-4-13-23(24(14-18)32-3)34-26(31)20-5-9-21(27)10-6-20/h4-15,17H,16H2,1-3H3,(H,29,30). The van der Waals surface area contributed by atoms with E-state index in [0.29, 0.717) is 33.6 Å². The second kappa shape index (κ2) is 11.9. The Hall–Kier alpha value is -3.84. The van der Waals surface area contributed by atoms with Crippen LogP contribution >= 0.6 is 11.6 Å². The van der Waals surface area contributed by atoms with E-state index in [9.17, 15) is 9.59 Å². The third kappa shape index (κ3) is 7.08. The van der Waals surface area contributed by atoms with Crippen LogP contribution in [0.4, 0.5) is 0 Å². The monoisotopic (exact) mass is 480 g/mol. The van der Waals surface area contributed by atoms with Crippen LogP contribution in [0, 0.1) is 0 Å². The van der Waals surface area contributed by atoms with Crippen molar-refractivity contribution in [1.29, 1.82) is 0 Å². The zero-order valence-corrected chi connectivity index (χ0v) is 19.8. The molecule has 7 nitrogen and oxygen atoms in total. The summed E-state index contributed by atoms with van der Waals surface area (Å²) in [6.45, 7) is 4.05. The van der Waals surface area contributed by atoms with Crippen molar-refractivity contribution in [2.24, 2.45) is 5.10 Å². The van der Waals surface area contributed by atoms with Crippen molar-refractivity contribution in [3.05, 3.63) is 88.4 Å². The minimum Gasteiger partial charge on any atom is -0.493 e. The quantitative estimate of drug-likeness (QED) is 0.196. The Morgan fingerprint density at radius 1 is 1.00 bits per heavy atom. The first-order valence-electron chi connectivity index (χ1n) is 10.6. The smallest absolute Gasteiger partial charge is 0.343 e. The molecule has 0 spiro atoms. The Kier molecular flexibility index (Phi) is 8.65. The van der Waals surface area contributed by atoms with Gasteiger partial charge < -0.3 is 14.2 Å². The molecule has 8 heteroatoms. The minimum atomic E-state index is -0.539. The summed E-state index contributed by atoms with van der Waals surface area (Å²) in [5.41, 5.74) is 4.60. The fourth-order valence-electron chi connectivity index (χ4n) is 2.90. The van der Waals surface area contributed by atoms with E-state index in [4.69, 9.17) is 25.8 Å². The lowest BCUT2D eigenvalue weighted by molar-refractivity contribution is -0.123. The highest BCUT2D eigenvalue weighted by atomic mass is 35.5. The van der Waals surface area contributed by atoms with E-state index in [1.807, 2.05) is 24.3 Å². The summed E-state index contributed by atoms with van der Waals surface area (Å²) >= 11 is 5.85. The van der Waals surface area contributed by atoms with Gasteiger partial charge in [0, 0.05) is 5.02 Å². The van der Waals surface area contributed by atoms with Gasteiger partial charge in [-0.3, -0.25) is 4.79 Å². The third-order valence-electron chi connectivity index (χ3n) is 4.79. The van der Waals surface area contributed by atoms with Crippen LogP contribution in [0.3, 0.4) is 0 Å².